The first-order valence-corrected chi connectivity index (χ1v) is 8.17. The molecule has 3 heterocycles. The number of carbonyl (C=O) groups is 1. The zero-order valence-electron chi connectivity index (χ0n) is 14.5. The molecule has 0 saturated carbocycles. The molecule has 29 heavy (non-hydrogen) atoms. The number of nitrogens with zero attached hydrogens (tertiary/aromatic N) is 5. The molecule has 0 radical (unpaired) electrons. The number of para-hydroxylation sites is 1. The number of nitrogens with one attached hydrogen (secondary N) is 1. The van der Waals surface area contributed by atoms with E-state index in [2.05, 4.69) is 30.1 Å². The molecular formula is C18H11F3N6O2. The summed E-state index contributed by atoms with van der Waals surface area (Å²) in [6.45, 7) is 0. The van der Waals surface area contributed by atoms with Gasteiger partial charge < -0.3 is 10.1 Å². The minimum atomic E-state index is -4.85. The molecule has 0 fully saturated rings. The van der Waals surface area contributed by atoms with E-state index in [9.17, 15) is 18.0 Å². The van der Waals surface area contributed by atoms with Crippen LogP contribution < -0.4 is 10.1 Å². The molecule has 1 amide bonds. The smallest absolute Gasteiger partial charge is 0.405 e. The van der Waals surface area contributed by atoms with Crippen LogP contribution in [0.2, 0.25) is 0 Å². The van der Waals surface area contributed by atoms with Crippen molar-refractivity contribution in [2.24, 2.45) is 0 Å². The monoisotopic (exact) mass is 400 g/mol. The van der Waals surface area contributed by atoms with Crippen molar-refractivity contribution in [1.82, 2.24) is 24.6 Å². The molecule has 4 aromatic rings. The van der Waals surface area contributed by atoms with E-state index in [0.29, 0.717) is 0 Å². The van der Waals surface area contributed by atoms with Gasteiger partial charge in [-0.25, -0.2) is 14.5 Å². The Balaban J connectivity index is 1.72. The molecule has 8 nitrogen and oxygen atoms in total. The Morgan fingerprint density at radius 1 is 1.10 bits per heavy atom. The average molecular weight is 400 g/mol. The van der Waals surface area contributed by atoms with Crippen LogP contribution in [-0.2, 0) is 0 Å². The van der Waals surface area contributed by atoms with Crippen molar-refractivity contribution in [2.45, 2.75) is 6.36 Å². The third kappa shape index (κ3) is 3.98. The average Bonchev–Trinajstić information content (AvgIpc) is 3.11. The van der Waals surface area contributed by atoms with Crippen molar-refractivity contribution in [3.63, 3.8) is 0 Å². The Bertz CT molecular complexity index is 1180. The van der Waals surface area contributed by atoms with Crippen LogP contribution >= 0.6 is 0 Å². The lowest BCUT2D eigenvalue weighted by Gasteiger charge is -2.13. The summed E-state index contributed by atoms with van der Waals surface area (Å²) in [6.07, 6.45) is 2.18. The van der Waals surface area contributed by atoms with Gasteiger partial charge in [0, 0.05) is 24.2 Å². The Hall–Kier alpha value is -4.02. The maximum absolute atomic E-state index is 12.7. The Kier molecular flexibility index (Phi) is 4.55. The fourth-order valence-corrected chi connectivity index (χ4v) is 2.62. The highest BCUT2D eigenvalue weighted by Gasteiger charge is 2.32. The van der Waals surface area contributed by atoms with Gasteiger partial charge in [0.2, 0.25) is 0 Å². The van der Waals surface area contributed by atoms with E-state index >= 15 is 0 Å². The maximum Gasteiger partial charge on any atom is 0.573 e. The van der Waals surface area contributed by atoms with Crippen molar-refractivity contribution in [1.29, 1.82) is 0 Å². The zero-order valence-corrected chi connectivity index (χ0v) is 14.5. The fourth-order valence-electron chi connectivity index (χ4n) is 2.62. The third-order valence-electron chi connectivity index (χ3n) is 3.81. The van der Waals surface area contributed by atoms with Gasteiger partial charge in [0.25, 0.3) is 5.91 Å². The number of benzene rings is 1. The quantitative estimate of drug-likeness (QED) is 0.565. The molecule has 11 heteroatoms. The van der Waals surface area contributed by atoms with Crippen LogP contribution in [0.3, 0.4) is 0 Å². The first-order chi connectivity index (χ1) is 13.9. The summed E-state index contributed by atoms with van der Waals surface area (Å²) >= 11 is 0. The summed E-state index contributed by atoms with van der Waals surface area (Å²) in [5.41, 5.74) is 0.581. The van der Waals surface area contributed by atoms with Gasteiger partial charge in [-0.15, -0.1) is 13.2 Å². The third-order valence-corrected chi connectivity index (χ3v) is 3.81. The van der Waals surface area contributed by atoms with E-state index in [0.717, 1.165) is 0 Å². The molecule has 0 atom stereocenters. The van der Waals surface area contributed by atoms with Gasteiger partial charge in [0.1, 0.15) is 11.3 Å². The maximum atomic E-state index is 12.7. The first kappa shape index (κ1) is 18.3. The van der Waals surface area contributed by atoms with Crippen LogP contribution in [0, 0.1) is 0 Å². The van der Waals surface area contributed by atoms with Crippen LogP contribution in [0.4, 0.5) is 19.0 Å². The van der Waals surface area contributed by atoms with Crippen molar-refractivity contribution in [3.05, 3.63) is 66.9 Å². The molecule has 0 spiro atoms. The van der Waals surface area contributed by atoms with Crippen LogP contribution in [0.5, 0.6) is 5.75 Å². The number of rotatable bonds is 4. The Morgan fingerprint density at radius 2 is 1.93 bits per heavy atom. The minimum absolute atomic E-state index is 0.117. The Morgan fingerprint density at radius 3 is 2.69 bits per heavy atom. The molecule has 4 rings (SSSR count). The van der Waals surface area contributed by atoms with Crippen molar-refractivity contribution < 1.29 is 22.7 Å². The number of hydrogen-bond acceptors (Lipinski definition) is 6. The molecule has 0 aliphatic carbocycles. The molecule has 0 saturated heterocycles. The molecule has 0 bridgehead atoms. The van der Waals surface area contributed by atoms with Crippen LogP contribution in [0.25, 0.3) is 16.9 Å². The zero-order chi connectivity index (χ0) is 20.4. The summed E-state index contributed by atoms with van der Waals surface area (Å²) in [5, 5.41) is 6.60. The van der Waals surface area contributed by atoms with Crippen LogP contribution in [0.1, 0.15) is 10.4 Å². The van der Waals surface area contributed by atoms with Gasteiger partial charge in [-0.1, -0.05) is 12.1 Å². The van der Waals surface area contributed by atoms with Gasteiger partial charge in [0.15, 0.2) is 11.5 Å². The number of amides is 1. The highest BCUT2D eigenvalue weighted by Crippen LogP contribution is 2.33. The second-order valence-corrected chi connectivity index (χ2v) is 5.73. The minimum Gasteiger partial charge on any atom is -0.405 e. The van der Waals surface area contributed by atoms with E-state index in [1.165, 1.54) is 59.8 Å². The highest BCUT2D eigenvalue weighted by molar-refractivity contribution is 6.07. The SMILES string of the molecule is O=C(Nc1cnccn1)c1cnn2ccc(-c3ccccc3OC(F)(F)F)nc12. The van der Waals surface area contributed by atoms with Gasteiger partial charge in [-0.3, -0.25) is 9.78 Å². The number of anilines is 1. The molecule has 3 aromatic heterocycles. The van der Waals surface area contributed by atoms with Gasteiger partial charge in [-0.05, 0) is 18.2 Å². The van der Waals surface area contributed by atoms with Gasteiger partial charge >= 0.3 is 6.36 Å². The standard InChI is InChI=1S/C18H11F3N6O2/c19-18(20,21)29-14-4-2-1-3-11(14)13-5-8-27-16(25-13)12(9-24-27)17(28)26-15-10-22-6-7-23-15/h1-10H,(H,23,26,28). The summed E-state index contributed by atoms with van der Waals surface area (Å²) in [4.78, 5) is 24.7. The number of fused-ring (bicyclic) bond motifs is 1. The molecule has 1 N–H and O–H groups in total. The van der Waals surface area contributed by atoms with Crippen LogP contribution in [-0.4, -0.2) is 36.8 Å². The number of ether oxygens (including phenoxy) is 1. The lowest BCUT2D eigenvalue weighted by molar-refractivity contribution is -0.274. The number of hydrogen-bond donors (Lipinski definition) is 1. The van der Waals surface area contributed by atoms with Crippen LogP contribution in [0.15, 0.2) is 61.3 Å². The normalized spacial score (nSPS) is 11.4. The first-order valence-electron chi connectivity index (χ1n) is 8.17. The molecule has 146 valence electrons. The predicted octanol–water partition coefficient (Wildman–Crippen LogP) is 3.34. The fraction of sp³-hybridized carbons (Fsp3) is 0.0556. The summed E-state index contributed by atoms with van der Waals surface area (Å²) < 4.78 is 43.5. The Labute approximate surface area is 161 Å². The van der Waals surface area contributed by atoms with E-state index < -0.39 is 18.0 Å². The van der Waals surface area contributed by atoms with E-state index in [4.69, 9.17) is 0 Å². The molecule has 1 aromatic carbocycles. The van der Waals surface area contributed by atoms with E-state index in [1.54, 1.807) is 6.07 Å². The molecule has 0 aliphatic rings. The van der Waals surface area contributed by atoms with Crippen molar-refractivity contribution in [2.75, 3.05) is 5.32 Å². The predicted molar refractivity (Wildman–Crippen MR) is 95.1 cm³/mol. The largest absolute Gasteiger partial charge is 0.573 e. The number of alkyl halides is 3. The van der Waals surface area contributed by atoms with Crippen molar-refractivity contribution >= 4 is 17.4 Å². The van der Waals surface area contributed by atoms with Gasteiger partial charge in [-0.2, -0.15) is 5.10 Å². The summed E-state index contributed by atoms with van der Waals surface area (Å²) in [5.74, 6) is -0.705. The molecular weight excluding hydrogens is 389 g/mol. The topological polar surface area (TPSA) is 94.3 Å². The summed E-state index contributed by atoms with van der Waals surface area (Å²) in [6, 6.07) is 7.08. The van der Waals surface area contributed by atoms with E-state index in [-0.39, 0.29) is 28.3 Å². The highest BCUT2D eigenvalue weighted by atomic mass is 19.4. The van der Waals surface area contributed by atoms with Crippen molar-refractivity contribution in [3.8, 4) is 17.0 Å². The second kappa shape index (κ2) is 7.19. The summed E-state index contributed by atoms with van der Waals surface area (Å²) in [7, 11) is 0. The van der Waals surface area contributed by atoms with Gasteiger partial charge in [0.05, 0.1) is 18.1 Å². The lowest BCUT2D eigenvalue weighted by atomic mass is 10.1. The second-order valence-electron chi connectivity index (χ2n) is 5.73. The number of carbonyl (C=O) groups excluding carboxylic acids is 1. The molecule has 0 aliphatic heterocycles. The van der Waals surface area contributed by atoms with E-state index in [1.807, 2.05) is 0 Å². The number of halogens is 3. The lowest BCUT2D eigenvalue weighted by Crippen LogP contribution is -2.17. The number of aromatic nitrogens is 5. The molecule has 0 unspecified atom stereocenters.